The Labute approximate surface area is 124 Å². The summed E-state index contributed by atoms with van der Waals surface area (Å²) in [5.41, 5.74) is -0.0663. The fourth-order valence-electron chi connectivity index (χ4n) is 2.81. The summed E-state index contributed by atoms with van der Waals surface area (Å²) in [5.74, 6) is -0.0926. The van der Waals surface area contributed by atoms with Gasteiger partial charge in [-0.3, -0.25) is 9.59 Å². The van der Waals surface area contributed by atoms with Crippen LogP contribution >= 0.6 is 0 Å². The number of nitrogens with one attached hydrogen (secondary N) is 2. The summed E-state index contributed by atoms with van der Waals surface area (Å²) in [6.45, 7) is 4.38. The Morgan fingerprint density at radius 2 is 2.00 bits per heavy atom. The van der Waals surface area contributed by atoms with Crippen LogP contribution in [0, 0.1) is 0 Å². The molecule has 0 bridgehead atoms. The van der Waals surface area contributed by atoms with Crippen LogP contribution in [0.2, 0.25) is 0 Å². The van der Waals surface area contributed by atoms with Gasteiger partial charge in [-0.1, -0.05) is 18.2 Å². The Morgan fingerprint density at radius 3 is 2.62 bits per heavy atom. The highest BCUT2D eigenvalue weighted by molar-refractivity contribution is 6.00. The average Bonchev–Trinajstić information content (AvgIpc) is 3.29. The van der Waals surface area contributed by atoms with E-state index in [2.05, 4.69) is 10.6 Å². The molecule has 2 amide bonds. The predicted molar refractivity (Wildman–Crippen MR) is 79.9 cm³/mol. The standard InChI is InChI=1S/C16H21N3O2/c1-12-11-17-9-10-19(12)15(21)16(7-8-16)18-14(20)13-5-3-2-4-6-13/h2-6,12,17H,7-11H2,1H3,(H,18,20)/t12-/m1/s1. The lowest BCUT2D eigenvalue weighted by Gasteiger charge is -2.36. The van der Waals surface area contributed by atoms with Crippen LogP contribution in [0.5, 0.6) is 0 Å². The third kappa shape index (κ3) is 2.78. The predicted octanol–water partition coefficient (Wildman–Crippen LogP) is 0.769. The fourth-order valence-corrected chi connectivity index (χ4v) is 2.81. The molecule has 5 nitrogen and oxygen atoms in total. The number of carbonyl (C=O) groups is 2. The third-order valence-corrected chi connectivity index (χ3v) is 4.31. The molecule has 1 heterocycles. The van der Waals surface area contributed by atoms with Gasteiger partial charge in [-0.15, -0.1) is 0 Å². The number of rotatable bonds is 3. The molecule has 1 saturated heterocycles. The van der Waals surface area contributed by atoms with E-state index in [-0.39, 0.29) is 17.9 Å². The molecule has 0 unspecified atom stereocenters. The Kier molecular flexibility index (Phi) is 3.68. The van der Waals surface area contributed by atoms with Gasteiger partial charge in [-0.2, -0.15) is 0 Å². The van der Waals surface area contributed by atoms with Crippen LogP contribution in [0.15, 0.2) is 30.3 Å². The van der Waals surface area contributed by atoms with Crippen LogP contribution in [-0.2, 0) is 4.79 Å². The molecule has 112 valence electrons. The first-order valence-electron chi connectivity index (χ1n) is 7.52. The SMILES string of the molecule is C[C@@H]1CNCCN1C(=O)C1(NC(=O)c2ccccc2)CC1. The van der Waals surface area contributed by atoms with Gasteiger partial charge in [0, 0.05) is 31.2 Å². The molecule has 1 aromatic rings. The molecule has 1 aliphatic heterocycles. The van der Waals surface area contributed by atoms with E-state index in [0.717, 1.165) is 25.9 Å². The number of carbonyl (C=O) groups excluding carboxylic acids is 2. The van der Waals surface area contributed by atoms with Gasteiger partial charge in [-0.05, 0) is 31.9 Å². The van der Waals surface area contributed by atoms with Crippen molar-refractivity contribution >= 4 is 11.8 Å². The summed E-state index contributed by atoms with van der Waals surface area (Å²) in [5, 5.41) is 6.23. The summed E-state index contributed by atoms with van der Waals surface area (Å²) >= 11 is 0. The zero-order valence-electron chi connectivity index (χ0n) is 12.3. The Bertz CT molecular complexity index is 540. The number of benzene rings is 1. The van der Waals surface area contributed by atoms with E-state index in [9.17, 15) is 9.59 Å². The lowest BCUT2D eigenvalue weighted by molar-refractivity contribution is -0.137. The molecule has 2 fully saturated rings. The molecule has 1 atom stereocenters. The van der Waals surface area contributed by atoms with Gasteiger partial charge in [0.05, 0.1) is 0 Å². The molecule has 2 aliphatic rings. The lowest BCUT2D eigenvalue weighted by atomic mass is 10.1. The highest BCUT2D eigenvalue weighted by atomic mass is 16.2. The van der Waals surface area contributed by atoms with Crippen molar-refractivity contribution in [2.45, 2.75) is 31.3 Å². The number of hydrogen-bond donors (Lipinski definition) is 2. The normalized spacial score (nSPS) is 23.5. The van der Waals surface area contributed by atoms with E-state index in [1.807, 2.05) is 30.0 Å². The number of piperazine rings is 1. The van der Waals surface area contributed by atoms with E-state index in [1.165, 1.54) is 0 Å². The van der Waals surface area contributed by atoms with Crippen molar-refractivity contribution < 1.29 is 9.59 Å². The van der Waals surface area contributed by atoms with Gasteiger partial charge in [0.1, 0.15) is 5.54 Å². The average molecular weight is 287 g/mol. The molecule has 1 aliphatic carbocycles. The minimum absolute atomic E-state index is 0.0702. The number of nitrogens with zero attached hydrogens (tertiary/aromatic N) is 1. The van der Waals surface area contributed by atoms with Crippen molar-refractivity contribution in [3.05, 3.63) is 35.9 Å². The van der Waals surface area contributed by atoms with E-state index >= 15 is 0 Å². The maximum absolute atomic E-state index is 12.7. The molecule has 0 radical (unpaired) electrons. The zero-order valence-corrected chi connectivity index (χ0v) is 12.3. The molecule has 1 saturated carbocycles. The van der Waals surface area contributed by atoms with Crippen molar-refractivity contribution in [3.63, 3.8) is 0 Å². The van der Waals surface area contributed by atoms with Crippen LogP contribution in [0.4, 0.5) is 0 Å². The van der Waals surface area contributed by atoms with Gasteiger partial charge in [0.2, 0.25) is 5.91 Å². The van der Waals surface area contributed by atoms with Crippen LogP contribution in [0.1, 0.15) is 30.1 Å². The summed E-state index contributed by atoms with van der Waals surface area (Å²) in [6.07, 6.45) is 1.47. The Morgan fingerprint density at radius 1 is 1.29 bits per heavy atom. The monoisotopic (exact) mass is 287 g/mol. The van der Waals surface area contributed by atoms with E-state index < -0.39 is 5.54 Å². The molecule has 5 heteroatoms. The Hall–Kier alpha value is -1.88. The molecule has 0 aromatic heterocycles. The first-order valence-corrected chi connectivity index (χ1v) is 7.52. The van der Waals surface area contributed by atoms with Crippen LogP contribution < -0.4 is 10.6 Å². The summed E-state index contributed by atoms with van der Waals surface area (Å²) < 4.78 is 0. The molecular weight excluding hydrogens is 266 g/mol. The molecule has 0 spiro atoms. The summed E-state index contributed by atoms with van der Waals surface area (Å²) in [4.78, 5) is 26.9. The quantitative estimate of drug-likeness (QED) is 0.863. The van der Waals surface area contributed by atoms with Gasteiger partial charge in [-0.25, -0.2) is 0 Å². The molecule has 2 N–H and O–H groups in total. The molecule has 1 aromatic carbocycles. The largest absolute Gasteiger partial charge is 0.338 e. The Balaban J connectivity index is 1.70. The van der Waals surface area contributed by atoms with Crippen molar-refractivity contribution in [2.24, 2.45) is 0 Å². The molecule has 21 heavy (non-hydrogen) atoms. The minimum atomic E-state index is -0.668. The summed E-state index contributed by atoms with van der Waals surface area (Å²) in [7, 11) is 0. The van der Waals surface area contributed by atoms with Gasteiger partial charge in [0.25, 0.3) is 5.91 Å². The van der Waals surface area contributed by atoms with Crippen LogP contribution in [0.25, 0.3) is 0 Å². The lowest BCUT2D eigenvalue weighted by Crippen LogP contribution is -2.59. The van der Waals surface area contributed by atoms with Crippen LogP contribution in [0.3, 0.4) is 0 Å². The van der Waals surface area contributed by atoms with Crippen molar-refractivity contribution in [1.82, 2.24) is 15.5 Å². The second-order valence-electron chi connectivity index (χ2n) is 5.95. The second kappa shape index (κ2) is 5.48. The van der Waals surface area contributed by atoms with Crippen molar-refractivity contribution in [2.75, 3.05) is 19.6 Å². The maximum atomic E-state index is 12.7. The van der Waals surface area contributed by atoms with Gasteiger partial charge in [0.15, 0.2) is 0 Å². The topological polar surface area (TPSA) is 61.4 Å². The first kappa shape index (κ1) is 14.1. The smallest absolute Gasteiger partial charge is 0.252 e. The molecular formula is C16H21N3O2. The van der Waals surface area contributed by atoms with E-state index in [0.29, 0.717) is 12.1 Å². The second-order valence-corrected chi connectivity index (χ2v) is 5.95. The van der Waals surface area contributed by atoms with Gasteiger partial charge >= 0.3 is 0 Å². The first-order chi connectivity index (χ1) is 10.1. The van der Waals surface area contributed by atoms with Gasteiger partial charge < -0.3 is 15.5 Å². The summed E-state index contributed by atoms with van der Waals surface area (Å²) in [6, 6.07) is 9.24. The maximum Gasteiger partial charge on any atom is 0.252 e. The van der Waals surface area contributed by atoms with Crippen molar-refractivity contribution in [3.8, 4) is 0 Å². The van der Waals surface area contributed by atoms with Crippen molar-refractivity contribution in [1.29, 1.82) is 0 Å². The third-order valence-electron chi connectivity index (χ3n) is 4.31. The highest BCUT2D eigenvalue weighted by Gasteiger charge is 2.53. The number of amides is 2. The minimum Gasteiger partial charge on any atom is -0.338 e. The fraction of sp³-hybridized carbons (Fsp3) is 0.500. The van der Waals surface area contributed by atoms with E-state index in [4.69, 9.17) is 0 Å². The number of hydrogen-bond acceptors (Lipinski definition) is 3. The van der Waals surface area contributed by atoms with E-state index in [1.54, 1.807) is 12.1 Å². The molecule has 3 rings (SSSR count). The van der Waals surface area contributed by atoms with Crippen LogP contribution in [-0.4, -0.2) is 47.9 Å². The zero-order chi connectivity index (χ0) is 14.9. The highest BCUT2D eigenvalue weighted by Crippen LogP contribution is 2.38.